The summed E-state index contributed by atoms with van der Waals surface area (Å²) in [5.41, 5.74) is 0. The van der Waals surface area contributed by atoms with Gasteiger partial charge in [-0.3, -0.25) is 9.59 Å². The van der Waals surface area contributed by atoms with Gasteiger partial charge in [0.15, 0.2) is 0 Å². The molecule has 0 rings (SSSR count). The molecule has 5 nitrogen and oxygen atoms in total. The van der Waals surface area contributed by atoms with Crippen molar-refractivity contribution in [2.45, 2.75) is 25.6 Å². The largest absolute Gasteiger partial charge is 0.480 e. The molecule has 0 radical (unpaired) electrons. The third-order valence-electron chi connectivity index (χ3n) is 1.35. The number of halogens is 3. The molecule has 0 fully saturated rings. The Labute approximate surface area is 82.3 Å². The van der Waals surface area contributed by atoms with E-state index in [2.05, 4.69) is 0 Å². The summed E-state index contributed by atoms with van der Waals surface area (Å²) in [6.45, 7) is 1.01. The van der Waals surface area contributed by atoms with E-state index in [1.54, 1.807) is 0 Å². The molecular formula is C7H8F3NO4. The molecule has 0 aliphatic carbocycles. The molecule has 0 aromatic rings. The van der Waals surface area contributed by atoms with Crippen molar-refractivity contribution in [2.75, 3.05) is 0 Å². The maximum atomic E-state index is 11.7. The Morgan fingerprint density at radius 1 is 1.33 bits per heavy atom. The molecular weight excluding hydrogens is 219 g/mol. The second kappa shape index (κ2) is 4.76. The molecule has 0 aromatic carbocycles. The van der Waals surface area contributed by atoms with Gasteiger partial charge in [0.25, 0.3) is 0 Å². The number of rotatable bonds is 4. The van der Waals surface area contributed by atoms with E-state index < -0.39 is 36.3 Å². The molecule has 15 heavy (non-hydrogen) atoms. The van der Waals surface area contributed by atoms with Crippen LogP contribution in [0.25, 0.3) is 0 Å². The number of aliphatic carboxylic acids is 1. The number of hydrogen-bond acceptors (Lipinski definition) is 3. The van der Waals surface area contributed by atoms with Crippen LogP contribution in [0.2, 0.25) is 0 Å². The molecule has 0 bridgehead atoms. The Balaban J connectivity index is 4.50. The third-order valence-corrected chi connectivity index (χ3v) is 1.35. The highest BCUT2D eigenvalue weighted by Gasteiger charge is 2.40. The van der Waals surface area contributed by atoms with Crippen LogP contribution in [0.3, 0.4) is 0 Å². The molecule has 0 spiro atoms. The Morgan fingerprint density at radius 3 is 2.07 bits per heavy atom. The highest BCUT2D eigenvalue weighted by atomic mass is 19.4. The smallest absolute Gasteiger partial charge is 0.471 e. The maximum absolute atomic E-state index is 11.7. The van der Waals surface area contributed by atoms with Gasteiger partial charge in [-0.1, -0.05) is 0 Å². The van der Waals surface area contributed by atoms with Crippen molar-refractivity contribution in [3.63, 3.8) is 0 Å². The first-order valence-corrected chi connectivity index (χ1v) is 3.74. The van der Waals surface area contributed by atoms with Crippen LogP contribution in [0.4, 0.5) is 13.2 Å². The van der Waals surface area contributed by atoms with Crippen LogP contribution >= 0.6 is 0 Å². The number of ketones is 1. The monoisotopic (exact) mass is 227 g/mol. The van der Waals surface area contributed by atoms with Crippen molar-refractivity contribution in [3.05, 3.63) is 0 Å². The van der Waals surface area contributed by atoms with Crippen LogP contribution in [0.5, 0.6) is 0 Å². The predicted octanol–water partition coefficient (Wildman–Crippen LogP) is 0.0972. The van der Waals surface area contributed by atoms with Gasteiger partial charge in [-0.2, -0.15) is 13.2 Å². The van der Waals surface area contributed by atoms with E-state index in [9.17, 15) is 27.6 Å². The minimum atomic E-state index is -5.16. The Hall–Kier alpha value is -1.60. The van der Waals surface area contributed by atoms with Gasteiger partial charge in [-0.25, -0.2) is 4.79 Å². The normalized spacial score (nSPS) is 13.1. The van der Waals surface area contributed by atoms with Gasteiger partial charge >= 0.3 is 18.1 Å². The minimum Gasteiger partial charge on any atom is -0.480 e. The van der Waals surface area contributed by atoms with E-state index in [1.165, 1.54) is 5.32 Å². The van der Waals surface area contributed by atoms with Crippen LogP contribution in [0, 0.1) is 0 Å². The first-order chi connectivity index (χ1) is 6.64. The standard InChI is InChI=1S/C7H8F3NO4/c1-3(12)2-4(5(13)14)11-6(15)7(8,9)10/h4H,2H2,1H3,(H,11,15)(H,13,14)/t4-/m1/s1. The highest BCUT2D eigenvalue weighted by molar-refractivity contribution is 5.90. The number of alkyl halides is 3. The number of carbonyl (C=O) groups is 3. The molecule has 0 aromatic heterocycles. The lowest BCUT2D eigenvalue weighted by Gasteiger charge is -2.13. The predicted molar refractivity (Wildman–Crippen MR) is 40.9 cm³/mol. The van der Waals surface area contributed by atoms with E-state index in [0.717, 1.165) is 6.92 Å². The SMILES string of the molecule is CC(=O)C[C@@H](NC(=O)C(F)(F)F)C(=O)O. The van der Waals surface area contributed by atoms with Gasteiger partial charge in [0.05, 0.1) is 0 Å². The Bertz CT molecular complexity index is 286. The first-order valence-electron chi connectivity index (χ1n) is 3.74. The van der Waals surface area contributed by atoms with Crippen LogP contribution in [-0.2, 0) is 14.4 Å². The molecule has 1 amide bonds. The van der Waals surface area contributed by atoms with Crippen molar-refractivity contribution in [1.82, 2.24) is 5.32 Å². The highest BCUT2D eigenvalue weighted by Crippen LogP contribution is 2.14. The lowest BCUT2D eigenvalue weighted by Crippen LogP contribution is -2.47. The number of carbonyl (C=O) groups excluding carboxylic acids is 2. The molecule has 0 aliphatic rings. The number of carboxylic acids is 1. The zero-order valence-electron chi connectivity index (χ0n) is 7.59. The summed E-state index contributed by atoms with van der Waals surface area (Å²) in [6.07, 6.45) is -5.85. The lowest BCUT2D eigenvalue weighted by atomic mass is 10.1. The van der Waals surface area contributed by atoms with Crippen molar-refractivity contribution in [2.24, 2.45) is 0 Å². The minimum absolute atomic E-state index is 0.634. The Kier molecular flexibility index (Phi) is 4.25. The average molecular weight is 227 g/mol. The van der Waals surface area contributed by atoms with Crippen LogP contribution in [0.15, 0.2) is 0 Å². The molecule has 0 saturated heterocycles. The number of carboxylic acid groups (broad SMARTS) is 1. The van der Waals surface area contributed by atoms with E-state index in [0.29, 0.717) is 0 Å². The molecule has 0 saturated carbocycles. The summed E-state index contributed by atoms with van der Waals surface area (Å²) >= 11 is 0. The fourth-order valence-electron chi connectivity index (χ4n) is 0.728. The number of nitrogens with one attached hydrogen (secondary N) is 1. The van der Waals surface area contributed by atoms with Crippen molar-refractivity contribution < 1.29 is 32.7 Å². The van der Waals surface area contributed by atoms with E-state index >= 15 is 0 Å². The molecule has 8 heteroatoms. The van der Waals surface area contributed by atoms with Crippen LogP contribution in [-0.4, -0.2) is 35.0 Å². The zero-order valence-corrected chi connectivity index (χ0v) is 7.59. The second-order valence-corrected chi connectivity index (χ2v) is 2.77. The van der Waals surface area contributed by atoms with Crippen molar-refractivity contribution in [1.29, 1.82) is 0 Å². The van der Waals surface area contributed by atoms with Gasteiger partial charge < -0.3 is 10.4 Å². The van der Waals surface area contributed by atoms with E-state index in [4.69, 9.17) is 5.11 Å². The average Bonchev–Trinajstić information content (AvgIpc) is 1.99. The molecule has 86 valence electrons. The van der Waals surface area contributed by atoms with E-state index in [-0.39, 0.29) is 0 Å². The van der Waals surface area contributed by atoms with Gasteiger partial charge in [0.1, 0.15) is 11.8 Å². The van der Waals surface area contributed by atoms with Crippen LogP contribution < -0.4 is 5.32 Å². The number of Topliss-reactive ketones (excluding diaryl/α,β-unsaturated/α-hetero) is 1. The quantitative estimate of drug-likeness (QED) is 0.713. The summed E-state index contributed by atoms with van der Waals surface area (Å²) in [4.78, 5) is 31.2. The van der Waals surface area contributed by atoms with Gasteiger partial charge in [-0.15, -0.1) is 0 Å². The second-order valence-electron chi connectivity index (χ2n) is 2.77. The topological polar surface area (TPSA) is 83.5 Å². The molecule has 2 N–H and O–H groups in total. The van der Waals surface area contributed by atoms with Crippen molar-refractivity contribution >= 4 is 17.7 Å². The zero-order chi connectivity index (χ0) is 12.2. The summed E-state index contributed by atoms with van der Waals surface area (Å²) in [7, 11) is 0. The fourth-order valence-corrected chi connectivity index (χ4v) is 0.728. The summed E-state index contributed by atoms with van der Waals surface area (Å²) in [5.74, 6) is -4.70. The maximum Gasteiger partial charge on any atom is 0.471 e. The van der Waals surface area contributed by atoms with E-state index in [1.807, 2.05) is 0 Å². The van der Waals surface area contributed by atoms with Gasteiger partial charge in [-0.05, 0) is 6.92 Å². The fraction of sp³-hybridized carbons (Fsp3) is 0.571. The molecule has 0 aliphatic heterocycles. The van der Waals surface area contributed by atoms with Gasteiger partial charge in [0, 0.05) is 6.42 Å². The first kappa shape index (κ1) is 13.4. The van der Waals surface area contributed by atoms with Gasteiger partial charge in [0.2, 0.25) is 0 Å². The Morgan fingerprint density at radius 2 is 1.80 bits per heavy atom. The molecule has 1 atom stereocenters. The molecule has 0 unspecified atom stereocenters. The summed E-state index contributed by atoms with van der Waals surface area (Å²) < 4.78 is 35.2. The van der Waals surface area contributed by atoms with Crippen LogP contribution in [0.1, 0.15) is 13.3 Å². The summed E-state index contributed by atoms with van der Waals surface area (Å²) in [6, 6.07) is -1.85. The third kappa shape index (κ3) is 4.99. The lowest BCUT2D eigenvalue weighted by molar-refractivity contribution is -0.175. The number of hydrogen-bond donors (Lipinski definition) is 2. The summed E-state index contributed by atoms with van der Waals surface area (Å²) in [5, 5.41) is 9.61. The number of amides is 1. The van der Waals surface area contributed by atoms with Crippen molar-refractivity contribution in [3.8, 4) is 0 Å². The molecule has 0 heterocycles.